The molecule has 0 amide bonds. The van der Waals surface area contributed by atoms with Gasteiger partial charge in [0.1, 0.15) is 12.2 Å². The molecule has 0 spiro atoms. The quantitative estimate of drug-likeness (QED) is 0.637. The summed E-state index contributed by atoms with van der Waals surface area (Å²) in [5, 5.41) is 0. The molecule has 0 bridgehead atoms. The van der Waals surface area contributed by atoms with Crippen LogP contribution in [0.25, 0.3) is 0 Å². The van der Waals surface area contributed by atoms with Crippen molar-refractivity contribution in [3.63, 3.8) is 0 Å². The third-order valence-corrected chi connectivity index (χ3v) is 3.11. The van der Waals surface area contributed by atoms with E-state index in [2.05, 4.69) is 26.6 Å². The van der Waals surface area contributed by atoms with Crippen molar-refractivity contribution in [3.8, 4) is 0 Å². The third-order valence-electron chi connectivity index (χ3n) is 2.09. The van der Waals surface area contributed by atoms with Crippen molar-refractivity contribution in [1.29, 1.82) is 0 Å². The smallest absolute Gasteiger partial charge is 0.184 e. The van der Waals surface area contributed by atoms with Crippen molar-refractivity contribution >= 4 is 8.32 Å². The molecule has 0 aromatic heterocycles. The fourth-order valence-electron chi connectivity index (χ4n) is 1.59. The first kappa shape index (κ1) is 11.2. The molecule has 1 aliphatic heterocycles. The average molecular weight is 201 g/mol. The summed E-state index contributed by atoms with van der Waals surface area (Å²) in [7, 11) is -1.42. The van der Waals surface area contributed by atoms with Crippen molar-refractivity contribution in [2.45, 2.75) is 51.4 Å². The van der Waals surface area contributed by atoms with Gasteiger partial charge in [0.2, 0.25) is 0 Å². The molecule has 1 heterocycles. The Morgan fingerprint density at radius 2 is 2.08 bits per heavy atom. The molecular weight excluding hydrogens is 180 g/mol. The second kappa shape index (κ2) is 4.11. The highest BCUT2D eigenvalue weighted by atomic mass is 28.4. The molecule has 1 fully saturated rings. The molecule has 1 aliphatic rings. The van der Waals surface area contributed by atoms with Crippen LogP contribution >= 0.6 is 0 Å². The zero-order valence-electron chi connectivity index (χ0n) is 9.22. The van der Waals surface area contributed by atoms with Crippen molar-refractivity contribution in [1.82, 2.24) is 0 Å². The monoisotopic (exact) mass is 201 g/mol. The number of unbranched alkanes of at least 4 members (excludes halogenated alkanes) is 1. The van der Waals surface area contributed by atoms with E-state index in [1.165, 1.54) is 12.8 Å². The largest absolute Gasteiger partial charge is 0.407 e. The number of rotatable bonds is 5. The summed E-state index contributed by atoms with van der Waals surface area (Å²) in [4.78, 5) is 0. The first-order valence-electron chi connectivity index (χ1n) is 5.14. The van der Waals surface area contributed by atoms with Gasteiger partial charge in [0.15, 0.2) is 8.32 Å². The summed E-state index contributed by atoms with van der Waals surface area (Å²) in [5.41, 5.74) is -0.0273. The fourth-order valence-corrected chi connectivity index (χ4v) is 3.02. The zero-order chi connectivity index (χ0) is 9.95. The minimum absolute atomic E-state index is 0.0273. The molecule has 13 heavy (non-hydrogen) atoms. The molecule has 1 radical (unpaired) electrons. The van der Waals surface area contributed by atoms with Crippen LogP contribution in [-0.2, 0) is 9.16 Å². The average Bonchev–Trinajstić information content (AvgIpc) is 1.92. The van der Waals surface area contributed by atoms with Gasteiger partial charge in [-0.15, -0.1) is 0 Å². The van der Waals surface area contributed by atoms with E-state index in [4.69, 9.17) is 9.16 Å². The lowest BCUT2D eigenvalue weighted by Crippen LogP contribution is -2.53. The molecule has 0 aromatic carbocycles. The van der Waals surface area contributed by atoms with Crippen LogP contribution in [0.2, 0.25) is 19.6 Å². The maximum atomic E-state index is 6.12. The summed E-state index contributed by atoms with van der Waals surface area (Å²) in [5.74, 6) is 0. The first-order valence-corrected chi connectivity index (χ1v) is 8.54. The van der Waals surface area contributed by atoms with E-state index >= 15 is 0 Å². The Morgan fingerprint density at radius 1 is 1.46 bits per heavy atom. The second-order valence-electron chi connectivity index (χ2n) is 4.81. The van der Waals surface area contributed by atoms with Gasteiger partial charge in [-0.3, -0.25) is 0 Å². The van der Waals surface area contributed by atoms with E-state index in [9.17, 15) is 0 Å². The Bertz CT molecular complexity index is 159. The topological polar surface area (TPSA) is 18.5 Å². The summed E-state index contributed by atoms with van der Waals surface area (Å²) >= 11 is 0. The highest BCUT2D eigenvalue weighted by Gasteiger charge is 2.42. The predicted molar refractivity (Wildman–Crippen MR) is 56.9 cm³/mol. The standard InChI is InChI=1S/C10H21O2Si/c1-5-6-7-10(8-11-9-10)12-13(2,3)4/h8H,5-7,9H2,1-4H3. The van der Waals surface area contributed by atoms with Crippen LogP contribution in [0, 0.1) is 6.61 Å². The molecule has 3 heteroatoms. The van der Waals surface area contributed by atoms with E-state index < -0.39 is 8.32 Å². The minimum Gasteiger partial charge on any atom is -0.407 e. The highest BCUT2D eigenvalue weighted by Crippen LogP contribution is 2.34. The van der Waals surface area contributed by atoms with Crippen molar-refractivity contribution in [2.75, 3.05) is 6.61 Å². The van der Waals surface area contributed by atoms with E-state index in [0.29, 0.717) is 0 Å². The minimum atomic E-state index is -1.42. The Labute approximate surface area is 82.7 Å². The van der Waals surface area contributed by atoms with Gasteiger partial charge in [-0.1, -0.05) is 19.8 Å². The van der Waals surface area contributed by atoms with Gasteiger partial charge in [0, 0.05) is 0 Å². The third kappa shape index (κ3) is 3.41. The van der Waals surface area contributed by atoms with E-state index in [0.717, 1.165) is 13.0 Å². The van der Waals surface area contributed by atoms with Gasteiger partial charge in [0.05, 0.1) is 6.61 Å². The van der Waals surface area contributed by atoms with Crippen LogP contribution in [0.15, 0.2) is 0 Å². The Kier molecular flexibility index (Phi) is 3.55. The van der Waals surface area contributed by atoms with Crippen LogP contribution < -0.4 is 0 Å². The summed E-state index contributed by atoms with van der Waals surface area (Å²) < 4.78 is 11.3. The Balaban J connectivity index is 2.40. The second-order valence-corrected chi connectivity index (χ2v) is 9.24. The lowest BCUT2D eigenvalue weighted by molar-refractivity contribution is -0.120. The van der Waals surface area contributed by atoms with Gasteiger partial charge in [-0.2, -0.15) is 0 Å². The molecule has 0 N–H and O–H groups in total. The molecule has 0 aromatic rings. The molecule has 77 valence electrons. The zero-order valence-corrected chi connectivity index (χ0v) is 10.2. The lowest BCUT2D eigenvalue weighted by Gasteiger charge is -2.44. The van der Waals surface area contributed by atoms with Gasteiger partial charge in [0.25, 0.3) is 0 Å². The number of hydrogen-bond donors (Lipinski definition) is 0. The van der Waals surface area contributed by atoms with Crippen LogP contribution in [0.3, 0.4) is 0 Å². The molecule has 0 saturated carbocycles. The number of ether oxygens (including phenoxy) is 1. The summed E-state index contributed by atoms with van der Waals surface area (Å²) in [6, 6.07) is 0. The molecule has 1 atom stereocenters. The van der Waals surface area contributed by atoms with Gasteiger partial charge < -0.3 is 9.16 Å². The maximum Gasteiger partial charge on any atom is 0.184 e. The van der Waals surface area contributed by atoms with E-state index in [-0.39, 0.29) is 5.60 Å². The van der Waals surface area contributed by atoms with E-state index in [1.807, 2.05) is 6.61 Å². The molecule has 1 rings (SSSR count). The molecular formula is C10H21O2Si. The SMILES string of the molecule is CCCCC1(O[Si](C)(C)C)[CH]OC1. The van der Waals surface area contributed by atoms with Crippen LogP contribution in [0.5, 0.6) is 0 Å². The van der Waals surface area contributed by atoms with Crippen LogP contribution in [0.4, 0.5) is 0 Å². The van der Waals surface area contributed by atoms with Crippen LogP contribution in [0.1, 0.15) is 26.2 Å². The highest BCUT2D eigenvalue weighted by molar-refractivity contribution is 6.69. The first-order chi connectivity index (χ1) is 5.97. The van der Waals surface area contributed by atoms with Gasteiger partial charge in [-0.05, 0) is 26.1 Å². The van der Waals surface area contributed by atoms with Crippen molar-refractivity contribution in [3.05, 3.63) is 6.61 Å². The molecule has 1 saturated heterocycles. The van der Waals surface area contributed by atoms with Gasteiger partial charge >= 0.3 is 0 Å². The molecule has 1 unspecified atom stereocenters. The van der Waals surface area contributed by atoms with Crippen LogP contribution in [-0.4, -0.2) is 20.5 Å². The fraction of sp³-hybridized carbons (Fsp3) is 0.900. The predicted octanol–water partition coefficient (Wildman–Crippen LogP) is 2.96. The molecule has 0 aliphatic carbocycles. The summed E-state index contributed by atoms with van der Waals surface area (Å²) in [6.07, 6.45) is 3.57. The Morgan fingerprint density at radius 3 is 2.38 bits per heavy atom. The van der Waals surface area contributed by atoms with Crippen molar-refractivity contribution < 1.29 is 9.16 Å². The van der Waals surface area contributed by atoms with E-state index in [1.54, 1.807) is 0 Å². The lowest BCUT2D eigenvalue weighted by atomic mass is 9.95. The molecule has 2 nitrogen and oxygen atoms in total. The summed E-state index contributed by atoms with van der Waals surface area (Å²) in [6.45, 7) is 11.5. The maximum absolute atomic E-state index is 6.12. The number of hydrogen-bond acceptors (Lipinski definition) is 2. The van der Waals surface area contributed by atoms with Gasteiger partial charge in [-0.25, -0.2) is 0 Å². The Hall–Kier alpha value is 0.137. The normalized spacial score (nSPS) is 21.2. The van der Waals surface area contributed by atoms with Crippen molar-refractivity contribution in [2.24, 2.45) is 0 Å².